The monoisotopic (exact) mass is 225 g/mol. The van der Waals surface area contributed by atoms with Gasteiger partial charge in [0.15, 0.2) is 5.78 Å². The van der Waals surface area contributed by atoms with Gasteiger partial charge in [-0.2, -0.15) is 0 Å². The van der Waals surface area contributed by atoms with Crippen molar-refractivity contribution in [2.24, 2.45) is 7.05 Å². The second-order valence-corrected chi connectivity index (χ2v) is 4.41. The normalized spacial score (nSPS) is 19.1. The van der Waals surface area contributed by atoms with Crippen LogP contribution in [-0.2, 0) is 13.5 Å². The molecule has 0 saturated carbocycles. The summed E-state index contributed by atoms with van der Waals surface area (Å²) < 4.78 is 2.03. The average Bonchev–Trinajstić information content (AvgIpc) is 2.74. The minimum atomic E-state index is -0.119. The molecule has 0 bridgehead atoms. The van der Waals surface area contributed by atoms with Crippen molar-refractivity contribution in [1.29, 1.82) is 0 Å². The molecule has 0 fully saturated rings. The van der Waals surface area contributed by atoms with E-state index in [9.17, 15) is 4.79 Å². The molecule has 3 nitrogen and oxygen atoms in total. The molecule has 2 heterocycles. The fourth-order valence-electron chi connectivity index (χ4n) is 2.49. The van der Waals surface area contributed by atoms with Gasteiger partial charge in [-0.05, 0) is 25.0 Å². The van der Waals surface area contributed by atoms with Gasteiger partial charge in [-0.1, -0.05) is 6.07 Å². The smallest absolute Gasteiger partial charge is 0.173 e. The van der Waals surface area contributed by atoms with Gasteiger partial charge >= 0.3 is 0 Å². The molecule has 1 radical (unpaired) electrons. The van der Waals surface area contributed by atoms with Crippen molar-refractivity contribution in [2.45, 2.75) is 18.8 Å². The fourth-order valence-corrected chi connectivity index (χ4v) is 2.49. The summed E-state index contributed by atoms with van der Waals surface area (Å²) in [5.41, 5.74) is 2.76. The Morgan fingerprint density at radius 1 is 1.53 bits per heavy atom. The number of ketones is 1. The van der Waals surface area contributed by atoms with Gasteiger partial charge in [-0.15, -0.1) is 0 Å². The van der Waals surface area contributed by atoms with E-state index in [0.717, 1.165) is 29.8 Å². The van der Waals surface area contributed by atoms with E-state index in [2.05, 4.69) is 11.1 Å². The summed E-state index contributed by atoms with van der Waals surface area (Å²) in [6.45, 7) is 0. The topological polar surface area (TPSA) is 34.9 Å². The number of hydrogen-bond acceptors (Lipinski definition) is 2. The standard InChI is InChI=1S/C14H13N2O/c1-16-9-7-11-13(16)6-5-10(14(11)17)12-4-2-3-8-15-12/h2-3,7-10H,5-6H2,1H3. The second kappa shape index (κ2) is 3.84. The largest absolute Gasteiger partial charge is 0.354 e. The van der Waals surface area contributed by atoms with Crippen LogP contribution in [0.2, 0.25) is 0 Å². The highest BCUT2D eigenvalue weighted by Crippen LogP contribution is 2.31. The highest BCUT2D eigenvalue weighted by atomic mass is 16.1. The minimum absolute atomic E-state index is 0.119. The van der Waals surface area contributed by atoms with E-state index in [4.69, 9.17) is 0 Å². The average molecular weight is 225 g/mol. The predicted octanol–water partition coefficient (Wildman–Crippen LogP) is 2.13. The van der Waals surface area contributed by atoms with Crippen molar-refractivity contribution in [3.05, 3.63) is 53.6 Å². The van der Waals surface area contributed by atoms with Crippen molar-refractivity contribution in [1.82, 2.24) is 9.55 Å². The van der Waals surface area contributed by atoms with Gasteiger partial charge < -0.3 is 4.57 Å². The number of Topliss-reactive ketones (excluding diaryl/α,β-unsaturated/α-hetero) is 1. The maximum Gasteiger partial charge on any atom is 0.173 e. The zero-order valence-electron chi connectivity index (χ0n) is 9.68. The molecule has 1 atom stereocenters. The van der Waals surface area contributed by atoms with Crippen LogP contribution in [0.4, 0.5) is 0 Å². The zero-order chi connectivity index (χ0) is 11.8. The molecule has 1 aliphatic rings. The molecule has 17 heavy (non-hydrogen) atoms. The lowest BCUT2D eigenvalue weighted by atomic mass is 9.84. The number of fused-ring (bicyclic) bond motifs is 1. The maximum atomic E-state index is 12.4. The van der Waals surface area contributed by atoms with E-state index >= 15 is 0 Å². The third kappa shape index (κ3) is 1.58. The van der Waals surface area contributed by atoms with Gasteiger partial charge in [0.1, 0.15) is 0 Å². The molecule has 0 aliphatic heterocycles. The number of hydrogen-bond donors (Lipinski definition) is 0. The quantitative estimate of drug-likeness (QED) is 0.745. The highest BCUT2D eigenvalue weighted by molar-refractivity contribution is 6.02. The highest BCUT2D eigenvalue weighted by Gasteiger charge is 2.30. The molecule has 3 rings (SSSR count). The minimum Gasteiger partial charge on any atom is -0.354 e. The van der Waals surface area contributed by atoms with E-state index in [-0.39, 0.29) is 11.7 Å². The number of pyridine rings is 1. The van der Waals surface area contributed by atoms with Crippen molar-refractivity contribution in [3.63, 3.8) is 0 Å². The molecule has 0 aromatic carbocycles. The van der Waals surface area contributed by atoms with Crippen LogP contribution in [0.15, 0.2) is 30.6 Å². The van der Waals surface area contributed by atoms with Crippen molar-refractivity contribution in [2.75, 3.05) is 0 Å². The summed E-state index contributed by atoms with van der Waals surface area (Å²) in [6.07, 6.45) is 5.43. The van der Waals surface area contributed by atoms with Crippen LogP contribution in [0.5, 0.6) is 0 Å². The number of carbonyl (C=O) groups excluding carboxylic acids is 1. The van der Waals surface area contributed by atoms with E-state index in [1.165, 1.54) is 0 Å². The first kappa shape index (κ1) is 10.3. The van der Waals surface area contributed by atoms with Crippen LogP contribution < -0.4 is 0 Å². The van der Waals surface area contributed by atoms with Crippen LogP contribution in [0.3, 0.4) is 0 Å². The lowest BCUT2D eigenvalue weighted by molar-refractivity contribution is 0.0943. The summed E-state index contributed by atoms with van der Waals surface area (Å²) >= 11 is 0. The number of aryl methyl sites for hydroxylation is 1. The van der Waals surface area contributed by atoms with E-state index in [1.54, 1.807) is 6.20 Å². The van der Waals surface area contributed by atoms with Gasteiger partial charge in [0.25, 0.3) is 0 Å². The van der Waals surface area contributed by atoms with Crippen molar-refractivity contribution < 1.29 is 4.79 Å². The Labute approximate surface area is 100 Å². The van der Waals surface area contributed by atoms with Gasteiger partial charge in [0, 0.05) is 36.8 Å². The Kier molecular flexibility index (Phi) is 2.32. The molecule has 3 heteroatoms. The molecule has 0 spiro atoms. The predicted molar refractivity (Wildman–Crippen MR) is 63.9 cm³/mol. The maximum absolute atomic E-state index is 12.4. The summed E-state index contributed by atoms with van der Waals surface area (Å²) in [4.78, 5) is 16.6. The Balaban J connectivity index is 2.00. The van der Waals surface area contributed by atoms with Crippen molar-refractivity contribution in [3.8, 4) is 0 Å². The third-order valence-corrected chi connectivity index (χ3v) is 3.41. The molecule has 85 valence electrons. The Morgan fingerprint density at radius 2 is 2.41 bits per heavy atom. The molecule has 2 aromatic rings. The Bertz CT molecular complexity index is 557. The second-order valence-electron chi connectivity index (χ2n) is 4.41. The molecule has 2 aromatic heterocycles. The molecule has 0 amide bonds. The summed E-state index contributed by atoms with van der Waals surface area (Å²) in [7, 11) is 1.99. The number of aromatic nitrogens is 2. The van der Waals surface area contributed by atoms with E-state index in [0.29, 0.717) is 0 Å². The van der Waals surface area contributed by atoms with Gasteiger partial charge in [-0.25, -0.2) is 0 Å². The van der Waals surface area contributed by atoms with Gasteiger partial charge in [0.2, 0.25) is 0 Å². The first-order valence-corrected chi connectivity index (χ1v) is 5.78. The zero-order valence-corrected chi connectivity index (χ0v) is 9.68. The first-order valence-electron chi connectivity index (χ1n) is 5.78. The van der Waals surface area contributed by atoms with Crippen LogP contribution >= 0.6 is 0 Å². The lowest BCUT2D eigenvalue weighted by Crippen LogP contribution is -2.22. The Hall–Kier alpha value is -1.90. The summed E-state index contributed by atoms with van der Waals surface area (Å²) in [6, 6.07) is 8.62. The van der Waals surface area contributed by atoms with Crippen LogP contribution in [-0.4, -0.2) is 15.3 Å². The number of carbonyl (C=O) groups is 1. The SMILES string of the molecule is Cn1ccc2c1CCC(c1[c]cccn1)C2=O. The fraction of sp³-hybridized carbons (Fsp3) is 0.286. The lowest BCUT2D eigenvalue weighted by Gasteiger charge is -2.21. The Morgan fingerprint density at radius 3 is 3.18 bits per heavy atom. The summed E-state index contributed by atoms with van der Waals surface area (Å²) in [5.74, 6) is 0.0629. The molecular formula is C14H13N2O. The third-order valence-electron chi connectivity index (χ3n) is 3.41. The van der Waals surface area contributed by atoms with Crippen LogP contribution in [0.25, 0.3) is 0 Å². The van der Waals surface area contributed by atoms with Crippen LogP contribution in [0, 0.1) is 6.07 Å². The molecule has 1 aliphatic carbocycles. The van der Waals surface area contributed by atoms with Gasteiger partial charge in [0.05, 0.1) is 11.6 Å². The van der Waals surface area contributed by atoms with E-state index in [1.807, 2.05) is 36.0 Å². The molecular weight excluding hydrogens is 212 g/mol. The molecule has 1 unspecified atom stereocenters. The molecule has 0 N–H and O–H groups in total. The van der Waals surface area contributed by atoms with Crippen molar-refractivity contribution >= 4 is 5.78 Å². The number of rotatable bonds is 1. The van der Waals surface area contributed by atoms with E-state index < -0.39 is 0 Å². The summed E-state index contributed by atoms with van der Waals surface area (Å²) in [5, 5.41) is 0. The molecule has 0 saturated heterocycles. The first-order chi connectivity index (χ1) is 8.27. The number of nitrogens with zero attached hydrogens (tertiary/aromatic N) is 2. The van der Waals surface area contributed by atoms with Gasteiger partial charge in [-0.3, -0.25) is 9.78 Å². The van der Waals surface area contributed by atoms with Crippen LogP contribution in [0.1, 0.15) is 34.1 Å².